The Morgan fingerprint density at radius 1 is 1.23 bits per heavy atom. The van der Waals surface area contributed by atoms with Crippen molar-refractivity contribution in [3.05, 3.63) is 58.6 Å². The van der Waals surface area contributed by atoms with Crippen LogP contribution in [0.4, 0.5) is 0 Å². The predicted molar refractivity (Wildman–Crippen MR) is 103 cm³/mol. The Morgan fingerprint density at radius 2 is 2.00 bits per heavy atom. The zero-order valence-electron chi connectivity index (χ0n) is 14.7. The van der Waals surface area contributed by atoms with Crippen molar-refractivity contribution >= 4 is 35.2 Å². The molecule has 0 radical (unpaired) electrons. The van der Waals surface area contributed by atoms with Crippen LogP contribution in [0.3, 0.4) is 0 Å². The quantitative estimate of drug-likeness (QED) is 0.566. The van der Waals surface area contributed by atoms with E-state index in [1.54, 1.807) is 30.3 Å². The van der Waals surface area contributed by atoms with E-state index in [4.69, 9.17) is 21.1 Å². The van der Waals surface area contributed by atoms with Gasteiger partial charge >= 0.3 is 5.97 Å². The molecular formula is C19H20ClNO4S. The van der Waals surface area contributed by atoms with Crippen molar-refractivity contribution in [2.75, 3.05) is 20.0 Å². The highest BCUT2D eigenvalue weighted by molar-refractivity contribution is 7.98. The summed E-state index contributed by atoms with van der Waals surface area (Å²) in [6, 6.07) is 12.1. The van der Waals surface area contributed by atoms with E-state index in [0.717, 1.165) is 10.5 Å². The Morgan fingerprint density at radius 3 is 2.65 bits per heavy atom. The van der Waals surface area contributed by atoms with E-state index in [2.05, 4.69) is 5.32 Å². The van der Waals surface area contributed by atoms with Gasteiger partial charge in [-0.1, -0.05) is 23.7 Å². The third kappa shape index (κ3) is 5.41. The van der Waals surface area contributed by atoms with E-state index >= 15 is 0 Å². The monoisotopic (exact) mass is 393 g/mol. The number of methoxy groups -OCH3 is 1. The number of amides is 1. The van der Waals surface area contributed by atoms with E-state index in [-0.39, 0.29) is 18.2 Å². The molecule has 5 nitrogen and oxygen atoms in total. The molecule has 0 saturated carbocycles. The highest BCUT2D eigenvalue weighted by Crippen LogP contribution is 2.26. The van der Waals surface area contributed by atoms with Gasteiger partial charge in [-0.3, -0.25) is 4.79 Å². The lowest BCUT2D eigenvalue weighted by Crippen LogP contribution is -2.31. The van der Waals surface area contributed by atoms with Crippen LogP contribution in [-0.2, 0) is 9.53 Å². The zero-order chi connectivity index (χ0) is 19.1. The predicted octanol–water partition coefficient (Wildman–Crippen LogP) is 4.10. The van der Waals surface area contributed by atoms with Crippen molar-refractivity contribution in [3.63, 3.8) is 0 Å². The molecule has 0 saturated heterocycles. The van der Waals surface area contributed by atoms with Crippen LogP contribution in [0.1, 0.15) is 28.9 Å². The average Bonchev–Trinajstić information content (AvgIpc) is 2.65. The molecule has 2 aromatic carbocycles. The summed E-state index contributed by atoms with van der Waals surface area (Å²) in [6.45, 7) is 1.45. The first-order valence-corrected chi connectivity index (χ1v) is 9.49. The van der Waals surface area contributed by atoms with Crippen LogP contribution in [0.25, 0.3) is 0 Å². The van der Waals surface area contributed by atoms with E-state index in [0.29, 0.717) is 10.8 Å². The Labute approximate surface area is 162 Å². The maximum atomic E-state index is 12.2. The first-order valence-electron chi connectivity index (χ1n) is 7.88. The Hall–Kier alpha value is -2.18. The first-order chi connectivity index (χ1) is 12.4. The van der Waals surface area contributed by atoms with Crippen molar-refractivity contribution in [1.82, 2.24) is 5.32 Å². The van der Waals surface area contributed by atoms with Gasteiger partial charge in [0.25, 0.3) is 5.91 Å². The zero-order valence-corrected chi connectivity index (χ0v) is 16.3. The molecule has 0 aliphatic carbocycles. The first kappa shape index (κ1) is 20.1. The molecule has 7 heteroatoms. The average molecular weight is 394 g/mol. The number of hydrogen-bond donors (Lipinski definition) is 1. The van der Waals surface area contributed by atoms with Gasteiger partial charge < -0.3 is 14.8 Å². The van der Waals surface area contributed by atoms with E-state index in [9.17, 15) is 9.59 Å². The minimum Gasteiger partial charge on any atom is -0.496 e. The summed E-state index contributed by atoms with van der Waals surface area (Å²) >= 11 is 7.49. The Bertz CT molecular complexity index is 797. The van der Waals surface area contributed by atoms with Crippen LogP contribution in [0, 0.1) is 0 Å². The molecular weight excluding hydrogens is 374 g/mol. The second kappa shape index (κ2) is 9.50. The van der Waals surface area contributed by atoms with Crippen LogP contribution in [0.2, 0.25) is 5.02 Å². The molecule has 1 atom stereocenters. The van der Waals surface area contributed by atoms with E-state index in [1.165, 1.54) is 18.9 Å². The van der Waals surface area contributed by atoms with Gasteiger partial charge in [0, 0.05) is 9.92 Å². The Balaban J connectivity index is 1.93. The van der Waals surface area contributed by atoms with Crippen molar-refractivity contribution in [2.45, 2.75) is 17.9 Å². The number of nitrogens with one attached hydrogen (secondary N) is 1. The summed E-state index contributed by atoms with van der Waals surface area (Å²) in [7, 11) is 1.48. The molecule has 2 rings (SSSR count). The summed E-state index contributed by atoms with van der Waals surface area (Å²) in [6.07, 6.45) is 1.93. The largest absolute Gasteiger partial charge is 0.496 e. The molecule has 2 aromatic rings. The Kier molecular flexibility index (Phi) is 7.36. The summed E-state index contributed by atoms with van der Waals surface area (Å²) in [5.74, 6) is -0.597. The number of esters is 1. The van der Waals surface area contributed by atoms with Gasteiger partial charge in [0.2, 0.25) is 0 Å². The molecule has 138 valence electrons. The lowest BCUT2D eigenvalue weighted by atomic mass is 10.1. The summed E-state index contributed by atoms with van der Waals surface area (Å²) in [4.78, 5) is 25.2. The number of ether oxygens (including phenoxy) is 2. The smallest absolute Gasteiger partial charge is 0.342 e. The fourth-order valence-corrected chi connectivity index (χ4v) is 2.95. The highest BCUT2D eigenvalue weighted by atomic mass is 35.5. The van der Waals surface area contributed by atoms with Crippen LogP contribution in [0.5, 0.6) is 5.75 Å². The minimum absolute atomic E-state index is 0.254. The summed E-state index contributed by atoms with van der Waals surface area (Å²) in [5, 5.41) is 3.36. The van der Waals surface area contributed by atoms with Gasteiger partial charge in [0.1, 0.15) is 11.3 Å². The molecule has 1 N–H and O–H groups in total. The molecule has 0 aromatic heterocycles. The van der Waals surface area contributed by atoms with Gasteiger partial charge in [0.05, 0.1) is 13.2 Å². The number of halogens is 1. The molecule has 1 amide bonds. The molecule has 0 unspecified atom stereocenters. The second-order valence-electron chi connectivity index (χ2n) is 5.49. The van der Waals surface area contributed by atoms with Crippen molar-refractivity contribution in [2.24, 2.45) is 0 Å². The topological polar surface area (TPSA) is 64.6 Å². The summed E-state index contributed by atoms with van der Waals surface area (Å²) in [5.41, 5.74) is 1.15. The third-order valence-electron chi connectivity index (χ3n) is 3.69. The van der Waals surface area contributed by atoms with Gasteiger partial charge in [-0.15, -0.1) is 11.8 Å². The molecule has 26 heavy (non-hydrogen) atoms. The second-order valence-corrected chi connectivity index (χ2v) is 6.80. The standard InChI is InChI=1S/C19H20ClNO4S/c1-12(13-5-4-6-14(20)9-13)21-18(22)11-25-19(23)16-8-7-15(26-3)10-17(16)24-2/h4-10,12H,11H2,1-3H3,(H,21,22)/t12-/m1/s1. The number of hydrogen-bond acceptors (Lipinski definition) is 5. The number of thioether (sulfide) groups is 1. The maximum Gasteiger partial charge on any atom is 0.342 e. The molecule has 0 heterocycles. The molecule has 0 aliphatic heterocycles. The highest BCUT2D eigenvalue weighted by Gasteiger charge is 2.17. The normalized spacial score (nSPS) is 11.5. The lowest BCUT2D eigenvalue weighted by Gasteiger charge is -2.15. The fourth-order valence-electron chi connectivity index (χ4n) is 2.32. The van der Waals surface area contributed by atoms with Gasteiger partial charge in [-0.2, -0.15) is 0 Å². The number of carbonyl (C=O) groups excluding carboxylic acids is 2. The van der Waals surface area contributed by atoms with Crippen molar-refractivity contribution in [3.8, 4) is 5.75 Å². The third-order valence-corrected chi connectivity index (χ3v) is 4.65. The number of benzene rings is 2. The molecule has 0 bridgehead atoms. The molecule has 0 fully saturated rings. The summed E-state index contributed by atoms with van der Waals surface area (Å²) < 4.78 is 10.3. The van der Waals surface area contributed by atoms with Crippen LogP contribution in [0.15, 0.2) is 47.4 Å². The van der Waals surface area contributed by atoms with Gasteiger partial charge in [-0.25, -0.2) is 4.79 Å². The van der Waals surface area contributed by atoms with Crippen molar-refractivity contribution < 1.29 is 19.1 Å². The molecule has 0 spiro atoms. The fraction of sp³-hybridized carbons (Fsp3) is 0.263. The van der Waals surface area contributed by atoms with E-state index < -0.39 is 11.9 Å². The SMILES string of the molecule is COc1cc(SC)ccc1C(=O)OCC(=O)N[C@H](C)c1cccc(Cl)c1. The molecule has 0 aliphatic rings. The van der Waals surface area contributed by atoms with Crippen molar-refractivity contribution in [1.29, 1.82) is 0 Å². The van der Waals surface area contributed by atoms with Gasteiger partial charge in [-0.05, 0) is 49.1 Å². The number of rotatable bonds is 7. The maximum absolute atomic E-state index is 12.2. The van der Waals surface area contributed by atoms with Crippen LogP contribution < -0.4 is 10.1 Å². The van der Waals surface area contributed by atoms with Crippen LogP contribution >= 0.6 is 23.4 Å². The van der Waals surface area contributed by atoms with Crippen LogP contribution in [-0.4, -0.2) is 31.8 Å². The lowest BCUT2D eigenvalue weighted by molar-refractivity contribution is -0.124. The van der Waals surface area contributed by atoms with Gasteiger partial charge in [0.15, 0.2) is 6.61 Å². The van der Waals surface area contributed by atoms with E-state index in [1.807, 2.05) is 25.3 Å². The number of carbonyl (C=O) groups is 2. The minimum atomic E-state index is -0.611.